The number of aliphatic hydroxyl groups excluding tert-OH is 1. The number of anilines is 2. The summed E-state index contributed by atoms with van der Waals surface area (Å²) in [5.41, 5.74) is 2.43. The number of nitrogens with zero attached hydrogens (tertiary/aromatic N) is 1. The van der Waals surface area contributed by atoms with Gasteiger partial charge in [0.2, 0.25) is 0 Å². The molecule has 2 rings (SSSR count). The topological polar surface area (TPSA) is 85.2 Å². The number of hydrogen-bond acceptors (Lipinski definition) is 3. The molecule has 0 aliphatic carbocycles. The summed E-state index contributed by atoms with van der Waals surface area (Å²) in [6.45, 7) is -0.0343. The lowest BCUT2D eigenvalue weighted by Gasteiger charge is -2.08. The van der Waals surface area contributed by atoms with Crippen molar-refractivity contribution in [3.8, 4) is 6.07 Å². The van der Waals surface area contributed by atoms with Crippen LogP contribution in [0.25, 0.3) is 0 Å². The maximum Gasteiger partial charge on any atom is 0.323 e. The molecule has 3 N–H and O–H groups in total. The van der Waals surface area contributed by atoms with Gasteiger partial charge < -0.3 is 15.7 Å². The summed E-state index contributed by atoms with van der Waals surface area (Å²) >= 11 is 0. The van der Waals surface area contributed by atoms with Crippen LogP contribution in [0.15, 0.2) is 48.5 Å². The van der Waals surface area contributed by atoms with E-state index in [9.17, 15) is 4.79 Å². The highest BCUT2D eigenvalue weighted by molar-refractivity contribution is 5.99. The van der Waals surface area contributed by atoms with E-state index in [1.54, 1.807) is 48.5 Å². The van der Waals surface area contributed by atoms with Crippen molar-refractivity contribution in [2.45, 2.75) is 6.61 Å². The molecule has 0 atom stereocenters. The summed E-state index contributed by atoms with van der Waals surface area (Å²) < 4.78 is 0. The first kappa shape index (κ1) is 13.6. The van der Waals surface area contributed by atoms with Crippen LogP contribution in [0.1, 0.15) is 11.1 Å². The van der Waals surface area contributed by atoms with Gasteiger partial charge in [-0.2, -0.15) is 5.26 Å². The van der Waals surface area contributed by atoms with Gasteiger partial charge in [0.25, 0.3) is 0 Å². The number of nitriles is 1. The average molecular weight is 267 g/mol. The van der Waals surface area contributed by atoms with Crippen LogP contribution < -0.4 is 10.6 Å². The fourth-order valence-electron chi connectivity index (χ4n) is 1.65. The Bertz CT molecular complexity index is 645. The highest BCUT2D eigenvalue weighted by Crippen LogP contribution is 2.12. The largest absolute Gasteiger partial charge is 0.392 e. The summed E-state index contributed by atoms with van der Waals surface area (Å²) in [6.07, 6.45) is 0. The van der Waals surface area contributed by atoms with Gasteiger partial charge in [0.1, 0.15) is 0 Å². The molecule has 5 heteroatoms. The first-order valence-corrected chi connectivity index (χ1v) is 5.99. The lowest BCUT2D eigenvalue weighted by molar-refractivity contribution is 0.262. The van der Waals surface area contributed by atoms with Crippen LogP contribution in [-0.2, 0) is 6.61 Å². The molecular formula is C15H13N3O2. The Labute approximate surface area is 116 Å². The van der Waals surface area contributed by atoms with E-state index in [1.165, 1.54) is 0 Å². The van der Waals surface area contributed by atoms with E-state index in [-0.39, 0.29) is 6.61 Å². The molecule has 20 heavy (non-hydrogen) atoms. The van der Waals surface area contributed by atoms with Gasteiger partial charge >= 0.3 is 6.03 Å². The fourth-order valence-corrected chi connectivity index (χ4v) is 1.65. The number of carbonyl (C=O) groups is 1. The number of amides is 2. The summed E-state index contributed by atoms with van der Waals surface area (Å²) in [5, 5.41) is 23.0. The molecule has 0 saturated carbocycles. The van der Waals surface area contributed by atoms with Crippen LogP contribution in [-0.4, -0.2) is 11.1 Å². The maximum absolute atomic E-state index is 11.8. The van der Waals surface area contributed by atoms with Gasteiger partial charge in [-0.05, 0) is 35.9 Å². The van der Waals surface area contributed by atoms with E-state index in [0.717, 1.165) is 5.56 Å². The first-order chi connectivity index (χ1) is 9.71. The van der Waals surface area contributed by atoms with Gasteiger partial charge in [0.15, 0.2) is 0 Å². The third-order valence-corrected chi connectivity index (χ3v) is 2.64. The Morgan fingerprint density at radius 2 is 1.80 bits per heavy atom. The maximum atomic E-state index is 11.8. The third kappa shape index (κ3) is 3.57. The smallest absolute Gasteiger partial charge is 0.323 e. The molecule has 0 aliphatic rings. The van der Waals surface area contributed by atoms with Crippen molar-refractivity contribution in [3.63, 3.8) is 0 Å². The lowest BCUT2D eigenvalue weighted by atomic mass is 10.2. The minimum atomic E-state index is -0.392. The Morgan fingerprint density at radius 1 is 1.10 bits per heavy atom. The summed E-state index contributed by atoms with van der Waals surface area (Å²) in [5.74, 6) is 0. The minimum Gasteiger partial charge on any atom is -0.392 e. The van der Waals surface area contributed by atoms with E-state index in [2.05, 4.69) is 10.6 Å². The Morgan fingerprint density at radius 3 is 2.45 bits per heavy atom. The minimum absolute atomic E-state index is 0.0343. The van der Waals surface area contributed by atoms with Crippen molar-refractivity contribution in [1.82, 2.24) is 0 Å². The zero-order valence-corrected chi connectivity index (χ0v) is 10.6. The van der Waals surface area contributed by atoms with E-state index >= 15 is 0 Å². The van der Waals surface area contributed by atoms with Crippen molar-refractivity contribution >= 4 is 17.4 Å². The molecule has 2 aromatic rings. The Kier molecular flexibility index (Phi) is 4.32. The summed E-state index contributed by atoms with van der Waals surface area (Å²) in [7, 11) is 0. The molecule has 2 amide bonds. The zero-order valence-electron chi connectivity index (χ0n) is 10.6. The molecule has 0 spiro atoms. The molecule has 0 saturated heterocycles. The molecule has 0 unspecified atom stereocenters. The summed E-state index contributed by atoms with van der Waals surface area (Å²) in [6, 6.07) is 15.1. The van der Waals surface area contributed by atoms with Crippen molar-refractivity contribution in [2.75, 3.05) is 10.6 Å². The molecular weight excluding hydrogens is 254 g/mol. The van der Waals surface area contributed by atoms with E-state index in [4.69, 9.17) is 10.4 Å². The van der Waals surface area contributed by atoms with E-state index < -0.39 is 6.03 Å². The van der Waals surface area contributed by atoms with Crippen LogP contribution in [0.5, 0.6) is 0 Å². The molecule has 0 heterocycles. The first-order valence-electron chi connectivity index (χ1n) is 5.99. The van der Waals surface area contributed by atoms with E-state index in [1.807, 2.05) is 6.07 Å². The second-order valence-electron chi connectivity index (χ2n) is 4.13. The molecule has 5 nitrogen and oxygen atoms in total. The second-order valence-corrected chi connectivity index (χ2v) is 4.13. The predicted octanol–water partition coefficient (Wildman–Crippen LogP) is 2.69. The van der Waals surface area contributed by atoms with Crippen molar-refractivity contribution in [2.24, 2.45) is 0 Å². The number of aliphatic hydroxyl groups is 1. The van der Waals surface area contributed by atoms with Gasteiger partial charge in [-0.25, -0.2) is 4.79 Å². The van der Waals surface area contributed by atoms with Gasteiger partial charge in [0, 0.05) is 11.4 Å². The number of urea groups is 1. The molecule has 0 aromatic heterocycles. The van der Waals surface area contributed by atoms with Crippen molar-refractivity contribution < 1.29 is 9.90 Å². The van der Waals surface area contributed by atoms with Crippen LogP contribution in [0.2, 0.25) is 0 Å². The third-order valence-electron chi connectivity index (χ3n) is 2.64. The number of benzene rings is 2. The average Bonchev–Trinajstić information content (AvgIpc) is 2.48. The van der Waals surface area contributed by atoms with Crippen molar-refractivity contribution in [1.29, 1.82) is 5.26 Å². The number of rotatable bonds is 3. The lowest BCUT2D eigenvalue weighted by Crippen LogP contribution is -2.19. The zero-order chi connectivity index (χ0) is 14.4. The molecule has 0 radical (unpaired) electrons. The quantitative estimate of drug-likeness (QED) is 0.799. The molecule has 100 valence electrons. The standard InChI is InChI=1S/C15H13N3O2/c16-9-12-2-1-3-14(8-12)18-15(20)17-13-6-4-11(10-19)5-7-13/h1-8,19H,10H2,(H2,17,18,20). The van der Waals surface area contributed by atoms with Gasteiger partial charge in [-0.3, -0.25) is 0 Å². The molecule has 0 fully saturated rings. The highest BCUT2D eigenvalue weighted by Gasteiger charge is 2.03. The van der Waals surface area contributed by atoms with Gasteiger partial charge in [-0.1, -0.05) is 18.2 Å². The Balaban J connectivity index is 1.99. The van der Waals surface area contributed by atoms with E-state index in [0.29, 0.717) is 16.9 Å². The normalized spacial score (nSPS) is 9.60. The number of carbonyl (C=O) groups excluding carboxylic acids is 1. The van der Waals surface area contributed by atoms with Crippen LogP contribution in [0.3, 0.4) is 0 Å². The number of nitrogens with one attached hydrogen (secondary N) is 2. The van der Waals surface area contributed by atoms with Crippen LogP contribution in [0.4, 0.5) is 16.2 Å². The monoisotopic (exact) mass is 267 g/mol. The Hall–Kier alpha value is -2.84. The fraction of sp³-hybridized carbons (Fsp3) is 0.0667. The van der Waals surface area contributed by atoms with Crippen LogP contribution >= 0.6 is 0 Å². The predicted molar refractivity (Wildman–Crippen MR) is 76.2 cm³/mol. The van der Waals surface area contributed by atoms with Gasteiger partial charge in [0.05, 0.1) is 18.2 Å². The summed E-state index contributed by atoms with van der Waals surface area (Å²) in [4.78, 5) is 11.8. The molecule has 0 bridgehead atoms. The van der Waals surface area contributed by atoms with Crippen LogP contribution in [0, 0.1) is 11.3 Å². The number of hydrogen-bond donors (Lipinski definition) is 3. The highest BCUT2D eigenvalue weighted by atomic mass is 16.3. The van der Waals surface area contributed by atoms with Crippen molar-refractivity contribution in [3.05, 3.63) is 59.7 Å². The SMILES string of the molecule is N#Cc1cccc(NC(=O)Nc2ccc(CO)cc2)c1. The molecule has 2 aromatic carbocycles. The van der Waals surface area contributed by atoms with Gasteiger partial charge in [-0.15, -0.1) is 0 Å². The second kappa shape index (κ2) is 6.36. The molecule has 0 aliphatic heterocycles.